The summed E-state index contributed by atoms with van der Waals surface area (Å²) in [6, 6.07) is 0.627. The maximum Gasteiger partial charge on any atom is 0.305 e. The van der Waals surface area contributed by atoms with Crippen LogP contribution in [0.15, 0.2) is 0 Å². The number of rotatable bonds is 3. The lowest BCUT2D eigenvalue weighted by Gasteiger charge is -2.24. The first-order chi connectivity index (χ1) is 7.13. The molecule has 0 aromatic carbocycles. The van der Waals surface area contributed by atoms with Gasteiger partial charge in [0.2, 0.25) is 0 Å². The Balaban J connectivity index is 2.35. The summed E-state index contributed by atoms with van der Waals surface area (Å²) in [5.41, 5.74) is 0. The molecule has 88 valence electrons. The molecule has 1 aliphatic rings. The topological polar surface area (TPSA) is 29.5 Å². The van der Waals surface area contributed by atoms with Gasteiger partial charge in [-0.2, -0.15) is 0 Å². The Bertz CT molecular complexity index is 204. The molecule has 1 aliphatic heterocycles. The Morgan fingerprint density at radius 2 is 2.13 bits per heavy atom. The number of hydrogen-bond donors (Lipinski definition) is 0. The first-order valence-electron chi connectivity index (χ1n) is 5.94. The number of nitrogens with zero attached hydrogens (tertiary/aromatic N) is 1. The molecular formula is C12H23NO2. The number of hydrogen-bond acceptors (Lipinski definition) is 3. The van der Waals surface area contributed by atoms with Crippen LogP contribution in [0.4, 0.5) is 0 Å². The molecule has 0 amide bonds. The SMILES string of the molecule is COC(=O)CC1CCCN(C(C)C)CC1. The summed E-state index contributed by atoms with van der Waals surface area (Å²) in [7, 11) is 1.47. The van der Waals surface area contributed by atoms with E-state index in [2.05, 4.69) is 18.7 Å². The van der Waals surface area contributed by atoms with E-state index in [0.29, 0.717) is 18.4 Å². The highest BCUT2D eigenvalue weighted by molar-refractivity contribution is 5.69. The van der Waals surface area contributed by atoms with Crippen LogP contribution >= 0.6 is 0 Å². The summed E-state index contributed by atoms with van der Waals surface area (Å²) < 4.78 is 4.72. The third-order valence-corrected chi connectivity index (χ3v) is 3.30. The van der Waals surface area contributed by atoms with Gasteiger partial charge in [-0.1, -0.05) is 0 Å². The van der Waals surface area contributed by atoms with E-state index in [1.165, 1.54) is 26.5 Å². The van der Waals surface area contributed by atoms with Crippen LogP contribution in [-0.2, 0) is 9.53 Å². The minimum Gasteiger partial charge on any atom is -0.469 e. The van der Waals surface area contributed by atoms with Gasteiger partial charge < -0.3 is 9.64 Å². The fourth-order valence-corrected chi connectivity index (χ4v) is 2.23. The number of carbonyl (C=O) groups excluding carboxylic acids is 1. The maximum absolute atomic E-state index is 11.2. The van der Waals surface area contributed by atoms with Crippen molar-refractivity contribution < 1.29 is 9.53 Å². The molecule has 0 aromatic heterocycles. The highest BCUT2D eigenvalue weighted by Gasteiger charge is 2.20. The Kier molecular flexibility index (Phi) is 5.09. The molecule has 15 heavy (non-hydrogen) atoms. The molecule has 0 N–H and O–H groups in total. The molecule has 3 nitrogen and oxygen atoms in total. The Labute approximate surface area is 92.8 Å². The number of likely N-dealkylation sites (tertiary alicyclic amines) is 1. The van der Waals surface area contributed by atoms with Crippen LogP contribution in [-0.4, -0.2) is 37.1 Å². The summed E-state index contributed by atoms with van der Waals surface area (Å²) in [6.07, 6.45) is 4.11. The summed E-state index contributed by atoms with van der Waals surface area (Å²) in [4.78, 5) is 13.7. The predicted molar refractivity (Wildman–Crippen MR) is 60.7 cm³/mol. The van der Waals surface area contributed by atoms with Gasteiger partial charge in [-0.15, -0.1) is 0 Å². The molecule has 0 spiro atoms. The number of carbonyl (C=O) groups is 1. The van der Waals surface area contributed by atoms with Crippen LogP contribution in [0.3, 0.4) is 0 Å². The standard InChI is InChI=1S/C12H23NO2/c1-10(2)13-7-4-5-11(6-8-13)9-12(14)15-3/h10-11H,4-9H2,1-3H3. The van der Waals surface area contributed by atoms with Gasteiger partial charge in [0.05, 0.1) is 7.11 Å². The third kappa shape index (κ3) is 4.20. The van der Waals surface area contributed by atoms with Gasteiger partial charge in [-0.3, -0.25) is 4.79 Å². The van der Waals surface area contributed by atoms with Crippen molar-refractivity contribution in [3.05, 3.63) is 0 Å². The van der Waals surface area contributed by atoms with Crippen LogP contribution in [0.1, 0.15) is 39.5 Å². The van der Waals surface area contributed by atoms with Crippen LogP contribution < -0.4 is 0 Å². The van der Waals surface area contributed by atoms with Gasteiger partial charge in [0.15, 0.2) is 0 Å². The second kappa shape index (κ2) is 6.11. The minimum absolute atomic E-state index is 0.0574. The zero-order valence-electron chi connectivity index (χ0n) is 10.2. The molecular weight excluding hydrogens is 190 g/mol. The van der Waals surface area contributed by atoms with Gasteiger partial charge in [0.25, 0.3) is 0 Å². The van der Waals surface area contributed by atoms with Crippen molar-refractivity contribution in [3.8, 4) is 0 Å². The van der Waals surface area contributed by atoms with Crippen molar-refractivity contribution in [1.82, 2.24) is 4.90 Å². The van der Waals surface area contributed by atoms with E-state index in [4.69, 9.17) is 4.74 Å². The second-order valence-electron chi connectivity index (χ2n) is 4.71. The van der Waals surface area contributed by atoms with Crippen molar-refractivity contribution in [3.63, 3.8) is 0 Å². The first kappa shape index (κ1) is 12.5. The van der Waals surface area contributed by atoms with Crippen molar-refractivity contribution in [2.75, 3.05) is 20.2 Å². The normalized spacial score (nSPS) is 23.9. The average molecular weight is 213 g/mol. The third-order valence-electron chi connectivity index (χ3n) is 3.30. The van der Waals surface area contributed by atoms with Gasteiger partial charge >= 0.3 is 5.97 Å². The van der Waals surface area contributed by atoms with Crippen LogP contribution in [0, 0.1) is 5.92 Å². The van der Waals surface area contributed by atoms with E-state index in [0.717, 1.165) is 13.0 Å². The molecule has 0 bridgehead atoms. The number of ether oxygens (including phenoxy) is 1. The molecule has 1 unspecified atom stereocenters. The summed E-state index contributed by atoms with van der Waals surface area (Å²) in [5.74, 6) is 0.471. The summed E-state index contributed by atoms with van der Waals surface area (Å²) >= 11 is 0. The Hall–Kier alpha value is -0.570. The van der Waals surface area contributed by atoms with Gasteiger partial charge in [0, 0.05) is 12.5 Å². The van der Waals surface area contributed by atoms with E-state index in [1.807, 2.05) is 0 Å². The van der Waals surface area contributed by atoms with E-state index >= 15 is 0 Å². The number of methoxy groups -OCH3 is 1. The molecule has 0 aliphatic carbocycles. The van der Waals surface area contributed by atoms with E-state index in [9.17, 15) is 4.79 Å². The van der Waals surface area contributed by atoms with Crippen molar-refractivity contribution in [2.24, 2.45) is 5.92 Å². The predicted octanol–water partition coefficient (Wildman–Crippen LogP) is 2.06. The highest BCUT2D eigenvalue weighted by Crippen LogP contribution is 2.22. The summed E-state index contributed by atoms with van der Waals surface area (Å²) in [5, 5.41) is 0. The van der Waals surface area contributed by atoms with Crippen LogP contribution in [0.5, 0.6) is 0 Å². The fraction of sp³-hybridized carbons (Fsp3) is 0.917. The first-order valence-corrected chi connectivity index (χ1v) is 5.94. The van der Waals surface area contributed by atoms with Crippen molar-refractivity contribution >= 4 is 5.97 Å². The smallest absolute Gasteiger partial charge is 0.305 e. The van der Waals surface area contributed by atoms with E-state index < -0.39 is 0 Å². The lowest BCUT2D eigenvalue weighted by atomic mass is 9.97. The molecule has 3 heteroatoms. The van der Waals surface area contributed by atoms with E-state index in [1.54, 1.807) is 0 Å². The van der Waals surface area contributed by atoms with Crippen molar-refractivity contribution in [2.45, 2.75) is 45.6 Å². The second-order valence-corrected chi connectivity index (χ2v) is 4.71. The zero-order valence-corrected chi connectivity index (χ0v) is 10.2. The Morgan fingerprint density at radius 1 is 1.40 bits per heavy atom. The zero-order chi connectivity index (χ0) is 11.3. The van der Waals surface area contributed by atoms with Crippen LogP contribution in [0.2, 0.25) is 0 Å². The van der Waals surface area contributed by atoms with Crippen LogP contribution in [0.25, 0.3) is 0 Å². The maximum atomic E-state index is 11.2. The van der Waals surface area contributed by atoms with Gasteiger partial charge in [-0.05, 0) is 52.1 Å². The van der Waals surface area contributed by atoms with Gasteiger partial charge in [-0.25, -0.2) is 0 Å². The largest absolute Gasteiger partial charge is 0.469 e. The quantitative estimate of drug-likeness (QED) is 0.672. The molecule has 0 saturated carbocycles. The molecule has 1 rings (SSSR count). The molecule has 1 heterocycles. The Morgan fingerprint density at radius 3 is 2.73 bits per heavy atom. The molecule has 0 aromatic rings. The minimum atomic E-state index is -0.0574. The van der Waals surface area contributed by atoms with Crippen molar-refractivity contribution in [1.29, 1.82) is 0 Å². The molecule has 1 fully saturated rings. The summed E-state index contributed by atoms with van der Waals surface area (Å²) in [6.45, 7) is 6.77. The lowest BCUT2D eigenvalue weighted by molar-refractivity contribution is -0.141. The highest BCUT2D eigenvalue weighted by atomic mass is 16.5. The van der Waals surface area contributed by atoms with Gasteiger partial charge in [0.1, 0.15) is 0 Å². The lowest BCUT2D eigenvalue weighted by Crippen LogP contribution is -2.31. The van der Waals surface area contributed by atoms with E-state index in [-0.39, 0.29) is 5.97 Å². The molecule has 1 saturated heterocycles. The fourth-order valence-electron chi connectivity index (χ4n) is 2.23. The number of esters is 1. The molecule has 0 radical (unpaired) electrons. The monoisotopic (exact) mass is 213 g/mol. The average Bonchev–Trinajstić information content (AvgIpc) is 2.43. The molecule has 1 atom stereocenters.